The number of aromatic hydroxyl groups is 1. The molecule has 3 aromatic rings. The number of phenolic OH excluding ortho intramolecular Hbond substituents is 1. The summed E-state index contributed by atoms with van der Waals surface area (Å²) in [4.78, 5) is 1.56. The number of piperazine rings is 1. The molecule has 0 bridgehead atoms. The van der Waals surface area contributed by atoms with Crippen LogP contribution in [0.15, 0.2) is 71.8 Å². The van der Waals surface area contributed by atoms with E-state index in [9.17, 15) is 10.2 Å². The Balaban J connectivity index is 1.32. The minimum Gasteiger partial charge on any atom is -0.872 e. The van der Waals surface area contributed by atoms with Gasteiger partial charge in [-0.3, -0.25) is 5.01 Å². The highest BCUT2D eigenvalue weighted by Gasteiger charge is 2.37. The van der Waals surface area contributed by atoms with E-state index in [1.807, 2.05) is 5.01 Å². The van der Waals surface area contributed by atoms with E-state index in [2.05, 4.69) is 53.6 Å². The quantitative estimate of drug-likeness (QED) is 0.676. The highest BCUT2D eigenvalue weighted by Crippen LogP contribution is 2.41. The number of phenols is 1. The number of quaternary nitrogens is 1. The molecule has 1 fully saturated rings. The molecule has 29 heavy (non-hydrogen) atoms. The third-order valence-electron chi connectivity index (χ3n) is 5.98. The first kappa shape index (κ1) is 17.8. The van der Waals surface area contributed by atoms with Gasteiger partial charge in [-0.25, -0.2) is 0 Å². The minimum absolute atomic E-state index is 0.0125. The zero-order valence-electron chi connectivity index (χ0n) is 16.1. The molecule has 5 nitrogen and oxygen atoms in total. The van der Waals surface area contributed by atoms with Crippen LogP contribution in [0.25, 0.3) is 11.1 Å². The lowest BCUT2D eigenvalue weighted by Crippen LogP contribution is -3.14. The van der Waals surface area contributed by atoms with Crippen molar-refractivity contribution < 1.29 is 15.1 Å². The lowest BCUT2D eigenvalue weighted by atomic mass is 10.0. The molecule has 2 aliphatic rings. The maximum absolute atomic E-state index is 11.9. The average Bonchev–Trinajstić information content (AvgIpc) is 3.08. The first-order chi connectivity index (χ1) is 14.2. The van der Waals surface area contributed by atoms with Crippen molar-refractivity contribution in [3.8, 4) is 22.6 Å². The van der Waals surface area contributed by atoms with Gasteiger partial charge in [-0.05, 0) is 28.8 Å². The molecular weight excluding hydrogens is 362 g/mol. The van der Waals surface area contributed by atoms with Crippen molar-refractivity contribution in [3.63, 3.8) is 0 Å². The molecule has 1 aliphatic heterocycles. The van der Waals surface area contributed by atoms with Crippen molar-refractivity contribution >= 4 is 6.21 Å². The Morgan fingerprint density at radius 3 is 2.17 bits per heavy atom. The number of rotatable bonds is 3. The Morgan fingerprint density at radius 1 is 0.931 bits per heavy atom. The van der Waals surface area contributed by atoms with Crippen LogP contribution < -0.4 is 10.0 Å². The number of hydrogen-bond donors (Lipinski definition) is 2. The fraction of sp³-hybridized carbons (Fsp3) is 0.208. The monoisotopic (exact) mass is 385 g/mol. The number of fused-ring (bicyclic) bond motifs is 3. The summed E-state index contributed by atoms with van der Waals surface area (Å²) in [5.41, 5.74) is 6.05. The van der Waals surface area contributed by atoms with E-state index in [1.165, 1.54) is 34.4 Å². The molecule has 3 aromatic carbocycles. The van der Waals surface area contributed by atoms with Gasteiger partial charge in [0.25, 0.3) is 0 Å². The van der Waals surface area contributed by atoms with E-state index < -0.39 is 0 Å². The van der Waals surface area contributed by atoms with E-state index >= 15 is 0 Å². The van der Waals surface area contributed by atoms with Crippen LogP contribution in [-0.4, -0.2) is 42.5 Å². The second-order valence-corrected chi connectivity index (χ2v) is 7.69. The largest absolute Gasteiger partial charge is 0.872 e. The molecule has 5 rings (SSSR count). The van der Waals surface area contributed by atoms with E-state index in [0.29, 0.717) is 11.6 Å². The van der Waals surface area contributed by atoms with Crippen molar-refractivity contribution in [2.24, 2.45) is 5.10 Å². The lowest BCUT2D eigenvalue weighted by molar-refractivity contribution is -0.929. The fourth-order valence-corrected chi connectivity index (χ4v) is 4.56. The smallest absolute Gasteiger partial charge is 0.140 e. The summed E-state index contributed by atoms with van der Waals surface area (Å²) in [6, 6.07) is 22.2. The van der Waals surface area contributed by atoms with Crippen LogP contribution in [-0.2, 0) is 0 Å². The zero-order chi connectivity index (χ0) is 19.8. The maximum atomic E-state index is 11.9. The first-order valence-corrected chi connectivity index (χ1v) is 10.0. The van der Waals surface area contributed by atoms with Crippen molar-refractivity contribution in [3.05, 3.63) is 83.4 Å². The maximum Gasteiger partial charge on any atom is 0.140 e. The highest BCUT2D eigenvalue weighted by molar-refractivity contribution is 5.83. The van der Waals surface area contributed by atoms with Gasteiger partial charge in [-0.2, -0.15) is 5.10 Å². The molecule has 0 saturated carbocycles. The first-order valence-electron chi connectivity index (χ1n) is 10.0. The average molecular weight is 385 g/mol. The van der Waals surface area contributed by atoms with Crippen LogP contribution in [0.2, 0.25) is 0 Å². The van der Waals surface area contributed by atoms with Gasteiger partial charge in [-0.1, -0.05) is 60.3 Å². The van der Waals surface area contributed by atoms with E-state index in [-0.39, 0.29) is 11.5 Å². The molecule has 1 saturated heterocycles. The van der Waals surface area contributed by atoms with Crippen molar-refractivity contribution in [1.82, 2.24) is 5.01 Å². The van der Waals surface area contributed by atoms with Crippen LogP contribution in [0, 0.1) is 0 Å². The third kappa shape index (κ3) is 3.23. The third-order valence-corrected chi connectivity index (χ3v) is 5.98. The van der Waals surface area contributed by atoms with E-state index in [1.54, 1.807) is 17.2 Å². The molecule has 2 N–H and O–H groups in total. The molecule has 0 atom stereocenters. The Labute approximate surface area is 170 Å². The second kappa shape index (κ2) is 7.26. The standard InChI is InChI=1S/C24H23N3O2/c28-18-10-9-17(23(29)15-18)16-25-27-13-11-26(12-14-27)24-21-7-3-1-5-19(21)20-6-2-4-8-22(20)24/h1-10,15-16,24,28-29H,11-14H2/b25-16+. The summed E-state index contributed by atoms with van der Waals surface area (Å²) in [6.45, 7) is 3.67. The molecule has 1 aliphatic carbocycles. The summed E-state index contributed by atoms with van der Waals surface area (Å²) in [5, 5.41) is 27.8. The Bertz CT molecular complexity index is 1030. The number of hydrogen-bond acceptors (Lipinski definition) is 4. The van der Waals surface area contributed by atoms with Crippen molar-refractivity contribution in [1.29, 1.82) is 0 Å². The lowest BCUT2D eigenvalue weighted by Gasteiger charge is -2.34. The van der Waals surface area contributed by atoms with Gasteiger partial charge in [0.05, 0.1) is 32.4 Å². The number of benzene rings is 3. The van der Waals surface area contributed by atoms with Gasteiger partial charge < -0.3 is 15.1 Å². The molecule has 146 valence electrons. The van der Waals surface area contributed by atoms with Crippen molar-refractivity contribution in [2.45, 2.75) is 6.04 Å². The molecular formula is C24H23N3O2. The Kier molecular flexibility index (Phi) is 4.45. The molecule has 0 amide bonds. The SMILES string of the molecule is [O-]c1cc(O)ccc1/C=N/N1CC[NH+](C2c3ccccc3-c3ccccc32)CC1. The van der Waals surface area contributed by atoms with Gasteiger partial charge in [-0.15, -0.1) is 0 Å². The fourth-order valence-electron chi connectivity index (χ4n) is 4.56. The van der Waals surface area contributed by atoms with Gasteiger partial charge in [0, 0.05) is 11.1 Å². The van der Waals surface area contributed by atoms with Gasteiger partial charge in [0.2, 0.25) is 0 Å². The summed E-state index contributed by atoms with van der Waals surface area (Å²) in [5.74, 6) is -0.223. The molecule has 1 heterocycles. The number of hydrazone groups is 1. The number of nitrogens with zero attached hydrogens (tertiary/aromatic N) is 2. The van der Waals surface area contributed by atoms with E-state index in [4.69, 9.17) is 0 Å². The second-order valence-electron chi connectivity index (χ2n) is 7.69. The molecule has 0 spiro atoms. The molecule has 0 unspecified atom stereocenters. The molecule has 0 aromatic heterocycles. The van der Waals surface area contributed by atoms with Crippen LogP contribution in [0.5, 0.6) is 11.5 Å². The molecule has 0 radical (unpaired) electrons. The molecule has 5 heteroatoms. The van der Waals surface area contributed by atoms with Gasteiger partial charge >= 0.3 is 0 Å². The summed E-state index contributed by atoms with van der Waals surface area (Å²) in [7, 11) is 0. The van der Waals surface area contributed by atoms with Gasteiger partial charge in [0.15, 0.2) is 0 Å². The van der Waals surface area contributed by atoms with E-state index in [0.717, 1.165) is 26.2 Å². The Morgan fingerprint density at radius 2 is 1.55 bits per heavy atom. The Hall–Kier alpha value is -3.31. The predicted octanol–water partition coefficient (Wildman–Crippen LogP) is 1.77. The van der Waals surface area contributed by atoms with Crippen LogP contribution in [0.1, 0.15) is 22.7 Å². The van der Waals surface area contributed by atoms with Crippen molar-refractivity contribution in [2.75, 3.05) is 26.2 Å². The summed E-state index contributed by atoms with van der Waals surface area (Å²) >= 11 is 0. The summed E-state index contributed by atoms with van der Waals surface area (Å²) in [6.07, 6.45) is 1.60. The predicted molar refractivity (Wildman–Crippen MR) is 111 cm³/mol. The van der Waals surface area contributed by atoms with Crippen LogP contribution in [0.3, 0.4) is 0 Å². The zero-order valence-corrected chi connectivity index (χ0v) is 16.1. The highest BCUT2D eigenvalue weighted by atomic mass is 16.3. The van der Waals surface area contributed by atoms with Crippen LogP contribution >= 0.6 is 0 Å². The summed E-state index contributed by atoms with van der Waals surface area (Å²) < 4.78 is 0. The van der Waals surface area contributed by atoms with Crippen LogP contribution in [0.4, 0.5) is 0 Å². The number of nitrogens with one attached hydrogen (secondary N) is 1. The van der Waals surface area contributed by atoms with Gasteiger partial charge in [0.1, 0.15) is 11.8 Å². The normalized spacial score (nSPS) is 16.9. The topological polar surface area (TPSA) is 63.3 Å². The minimum atomic E-state index is -0.211.